The van der Waals surface area contributed by atoms with E-state index in [1.807, 2.05) is 43.3 Å². The van der Waals surface area contributed by atoms with Crippen molar-refractivity contribution in [3.05, 3.63) is 47.5 Å². The molecule has 0 fully saturated rings. The molecule has 2 rings (SSSR count). The van der Waals surface area contributed by atoms with Crippen LogP contribution in [-0.2, 0) is 6.61 Å². The molecule has 0 spiro atoms. The van der Waals surface area contributed by atoms with E-state index in [-0.39, 0.29) is 0 Å². The SMILES string of the molecule is COc1ccc(COc2ccc(N)c(C)c2)cc1OC. The van der Waals surface area contributed by atoms with Gasteiger partial charge in [-0.2, -0.15) is 0 Å². The van der Waals surface area contributed by atoms with Crippen LogP contribution in [0.5, 0.6) is 17.2 Å². The highest BCUT2D eigenvalue weighted by molar-refractivity contribution is 5.49. The molecule has 0 aliphatic rings. The summed E-state index contributed by atoms with van der Waals surface area (Å²) in [5.74, 6) is 2.20. The van der Waals surface area contributed by atoms with Gasteiger partial charge in [0.2, 0.25) is 0 Å². The summed E-state index contributed by atoms with van der Waals surface area (Å²) in [7, 11) is 3.23. The summed E-state index contributed by atoms with van der Waals surface area (Å²) in [5, 5.41) is 0. The van der Waals surface area contributed by atoms with E-state index in [0.29, 0.717) is 18.1 Å². The standard InChI is InChI=1S/C16H19NO3/c1-11-8-13(5-6-14(11)17)20-10-12-4-7-15(18-2)16(9-12)19-3/h4-9H,10,17H2,1-3H3. The summed E-state index contributed by atoms with van der Waals surface area (Å²) >= 11 is 0. The number of rotatable bonds is 5. The van der Waals surface area contributed by atoms with Crippen LogP contribution in [-0.4, -0.2) is 14.2 Å². The van der Waals surface area contributed by atoms with Gasteiger partial charge >= 0.3 is 0 Å². The summed E-state index contributed by atoms with van der Waals surface area (Å²) in [4.78, 5) is 0. The molecule has 0 atom stereocenters. The van der Waals surface area contributed by atoms with Crippen molar-refractivity contribution >= 4 is 5.69 Å². The Morgan fingerprint density at radius 3 is 2.35 bits per heavy atom. The molecule has 0 heterocycles. The van der Waals surface area contributed by atoms with Crippen molar-refractivity contribution < 1.29 is 14.2 Å². The lowest BCUT2D eigenvalue weighted by Gasteiger charge is -2.11. The first-order valence-corrected chi connectivity index (χ1v) is 6.34. The molecule has 0 aliphatic heterocycles. The van der Waals surface area contributed by atoms with E-state index in [1.54, 1.807) is 14.2 Å². The molecular weight excluding hydrogens is 254 g/mol. The van der Waals surface area contributed by atoms with Crippen molar-refractivity contribution in [3.8, 4) is 17.2 Å². The fraction of sp³-hybridized carbons (Fsp3) is 0.250. The zero-order chi connectivity index (χ0) is 14.5. The van der Waals surface area contributed by atoms with Crippen LogP contribution in [0.25, 0.3) is 0 Å². The van der Waals surface area contributed by atoms with Gasteiger partial charge in [0.1, 0.15) is 12.4 Å². The molecule has 0 saturated heterocycles. The molecule has 4 heteroatoms. The summed E-state index contributed by atoms with van der Waals surface area (Å²) < 4.78 is 16.2. The second-order valence-corrected chi connectivity index (χ2v) is 4.50. The van der Waals surface area contributed by atoms with E-state index in [9.17, 15) is 0 Å². The van der Waals surface area contributed by atoms with E-state index in [2.05, 4.69) is 0 Å². The van der Waals surface area contributed by atoms with Crippen LogP contribution in [0.4, 0.5) is 5.69 Å². The van der Waals surface area contributed by atoms with Crippen molar-refractivity contribution in [3.63, 3.8) is 0 Å². The minimum Gasteiger partial charge on any atom is -0.493 e. The quantitative estimate of drug-likeness (QED) is 0.850. The third kappa shape index (κ3) is 3.15. The monoisotopic (exact) mass is 273 g/mol. The third-order valence-electron chi connectivity index (χ3n) is 3.09. The number of nitrogen functional groups attached to an aromatic ring is 1. The van der Waals surface area contributed by atoms with E-state index in [4.69, 9.17) is 19.9 Å². The Morgan fingerprint density at radius 1 is 0.950 bits per heavy atom. The van der Waals surface area contributed by atoms with Gasteiger partial charge in [0.25, 0.3) is 0 Å². The van der Waals surface area contributed by atoms with Crippen molar-refractivity contribution in [1.82, 2.24) is 0 Å². The smallest absolute Gasteiger partial charge is 0.161 e. The minimum absolute atomic E-state index is 0.462. The molecule has 0 saturated carbocycles. The maximum Gasteiger partial charge on any atom is 0.161 e. The number of aryl methyl sites for hydroxylation is 1. The van der Waals surface area contributed by atoms with Crippen molar-refractivity contribution in [1.29, 1.82) is 0 Å². The number of benzene rings is 2. The Bertz CT molecular complexity index is 596. The molecule has 20 heavy (non-hydrogen) atoms. The largest absolute Gasteiger partial charge is 0.493 e. The molecule has 2 aromatic rings. The fourth-order valence-electron chi connectivity index (χ4n) is 1.88. The van der Waals surface area contributed by atoms with E-state index in [1.165, 1.54) is 0 Å². The molecule has 0 radical (unpaired) electrons. The topological polar surface area (TPSA) is 53.7 Å². The van der Waals surface area contributed by atoms with Crippen LogP contribution in [0.1, 0.15) is 11.1 Å². The van der Waals surface area contributed by atoms with E-state index >= 15 is 0 Å². The lowest BCUT2D eigenvalue weighted by molar-refractivity contribution is 0.303. The summed E-state index contributed by atoms with van der Waals surface area (Å²) in [6, 6.07) is 11.4. The van der Waals surface area contributed by atoms with Gasteiger partial charge in [-0.25, -0.2) is 0 Å². The van der Waals surface area contributed by atoms with Crippen LogP contribution in [0, 0.1) is 6.92 Å². The number of nitrogens with two attached hydrogens (primary N) is 1. The second kappa shape index (κ2) is 6.19. The molecule has 0 amide bonds. The maximum atomic E-state index is 5.78. The van der Waals surface area contributed by atoms with Gasteiger partial charge in [0.15, 0.2) is 11.5 Å². The highest BCUT2D eigenvalue weighted by atomic mass is 16.5. The van der Waals surface area contributed by atoms with Crippen LogP contribution < -0.4 is 19.9 Å². The van der Waals surface area contributed by atoms with Gasteiger partial charge in [-0.1, -0.05) is 6.07 Å². The van der Waals surface area contributed by atoms with Crippen LogP contribution in [0.3, 0.4) is 0 Å². The summed E-state index contributed by atoms with van der Waals surface area (Å²) in [6.07, 6.45) is 0. The molecular formula is C16H19NO3. The third-order valence-corrected chi connectivity index (χ3v) is 3.09. The highest BCUT2D eigenvalue weighted by Gasteiger charge is 2.05. The molecule has 106 valence electrons. The van der Waals surface area contributed by atoms with Crippen LogP contribution in [0.2, 0.25) is 0 Å². The molecule has 0 aromatic heterocycles. The number of hydrogen-bond acceptors (Lipinski definition) is 4. The average molecular weight is 273 g/mol. The first kappa shape index (κ1) is 14.1. The Labute approximate surface area is 119 Å². The van der Waals surface area contributed by atoms with Gasteiger partial charge in [-0.05, 0) is 48.4 Å². The Balaban J connectivity index is 2.08. The second-order valence-electron chi connectivity index (χ2n) is 4.50. The molecule has 0 bridgehead atoms. The molecule has 0 aliphatic carbocycles. The van der Waals surface area contributed by atoms with Gasteiger partial charge in [-0.15, -0.1) is 0 Å². The summed E-state index contributed by atoms with van der Waals surface area (Å²) in [6.45, 7) is 2.42. The lowest BCUT2D eigenvalue weighted by atomic mass is 10.2. The van der Waals surface area contributed by atoms with E-state index in [0.717, 1.165) is 22.6 Å². The summed E-state index contributed by atoms with van der Waals surface area (Å²) in [5.41, 5.74) is 8.57. The Kier molecular flexibility index (Phi) is 4.35. The predicted molar refractivity (Wildman–Crippen MR) is 79.5 cm³/mol. The zero-order valence-corrected chi connectivity index (χ0v) is 12.0. The molecule has 2 N–H and O–H groups in total. The van der Waals surface area contributed by atoms with Crippen molar-refractivity contribution in [2.75, 3.05) is 20.0 Å². The molecule has 4 nitrogen and oxygen atoms in total. The first-order chi connectivity index (χ1) is 9.63. The molecule has 2 aromatic carbocycles. The minimum atomic E-state index is 0.462. The van der Waals surface area contributed by atoms with Gasteiger partial charge in [0.05, 0.1) is 14.2 Å². The maximum absolute atomic E-state index is 5.78. The van der Waals surface area contributed by atoms with Crippen LogP contribution in [0.15, 0.2) is 36.4 Å². The number of hydrogen-bond donors (Lipinski definition) is 1. The molecule has 0 unspecified atom stereocenters. The Morgan fingerprint density at radius 2 is 1.70 bits per heavy atom. The first-order valence-electron chi connectivity index (χ1n) is 6.34. The zero-order valence-electron chi connectivity index (χ0n) is 12.0. The van der Waals surface area contributed by atoms with Crippen molar-refractivity contribution in [2.45, 2.75) is 13.5 Å². The van der Waals surface area contributed by atoms with Gasteiger partial charge in [-0.3, -0.25) is 0 Å². The lowest BCUT2D eigenvalue weighted by Crippen LogP contribution is -1.98. The van der Waals surface area contributed by atoms with E-state index < -0.39 is 0 Å². The number of ether oxygens (including phenoxy) is 3. The normalized spacial score (nSPS) is 10.2. The highest BCUT2D eigenvalue weighted by Crippen LogP contribution is 2.28. The fourth-order valence-corrected chi connectivity index (χ4v) is 1.88. The number of anilines is 1. The number of methoxy groups -OCH3 is 2. The predicted octanol–water partition coefficient (Wildman–Crippen LogP) is 3.17. The van der Waals surface area contributed by atoms with Crippen LogP contribution >= 0.6 is 0 Å². The Hall–Kier alpha value is -2.36. The average Bonchev–Trinajstić information content (AvgIpc) is 2.48. The van der Waals surface area contributed by atoms with Crippen molar-refractivity contribution in [2.24, 2.45) is 0 Å². The van der Waals surface area contributed by atoms with Gasteiger partial charge in [0, 0.05) is 5.69 Å². The van der Waals surface area contributed by atoms with Gasteiger partial charge < -0.3 is 19.9 Å².